The Balaban J connectivity index is 1.43. The average Bonchev–Trinajstić information content (AvgIpc) is 3.12. The number of nitrogens with one attached hydrogen (secondary N) is 1. The minimum Gasteiger partial charge on any atom is -0.492 e. The van der Waals surface area contributed by atoms with Crippen LogP contribution in [0.2, 0.25) is 0 Å². The van der Waals surface area contributed by atoms with Gasteiger partial charge in [-0.1, -0.05) is 6.07 Å². The van der Waals surface area contributed by atoms with Gasteiger partial charge in [-0.15, -0.1) is 0 Å². The number of fused-ring (bicyclic) bond motifs is 1. The highest BCUT2D eigenvalue weighted by Crippen LogP contribution is 2.17. The molecular weight excluding hydrogens is 324 g/mol. The van der Waals surface area contributed by atoms with E-state index in [1.165, 1.54) is 13.4 Å². The maximum Gasteiger partial charge on any atom is 0.337 e. The van der Waals surface area contributed by atoms with Crippen molar-refractivity contribution in [1.82, 2.24) is 20.1 Å². The molecule has 0 bridgehead atoms. The molecule has 0 radical (unpaired) electrons. The van der Waals surface area contributed by atoms with E-state index in [2.05, 4.69) is 20.1 Å². The second kappa shape index (κ2) is 7.78. The number of nitrogens with zero attached hydrogens (tertiary/aromatic N) is 3. The summed E-state index contributed by atoms with van der Waals surface area (Å²) in [4.78, 5) is 27.9. The standard InChI is InChI=1S/C17H20N4O4/c1-24-17(23)12-3-2-4-14(9-12)25-8-7-18-16(22)13-5-6-15-19-11-20-21(15)10-13/h2-4,9,11,13H,5-8,10H2,1H3,(H,18,22). The second-order valence-electron chi connectivity index (χ2n) is 5.75. The van der Waals surface area contributed by atoms with Crippen molar-refractivity contribution in [3.05, 3.63) is 42.0 Å². The van der Waals surface area contributed by atoms with E-state index in [4.69, 9.17) is 4.74 Å². The summed E-state index contributed by atoms with van der Waals surface area (Å²) in [6, 6.07) is 6.74. The first-order valence-electron chi connectivity index (χ1n) is 8.13. The van der Waals surface area contributed by atoms with Gasteiger partial charge in [-0.2, -0.15) is 5.10 Å². The van der Waals surface area contributed by atoms with Crippen molar-refractivity contribution in [1.29, 1.82) is 0 Å². The van der Waals surface area contributed by atoms with Crippen LogP contribution in [-0.2, 0) is 22.5 Å². The van der Waals surface area contributed by atoms with Gasteiger partial charge in [0, 0.05) is 6.42 Å². The maximum atomic E-state index is 12.2. The minimum atomic E-state index is -0.413. The largest absolute Gasteiger partial charge is 0.492 e. The maximum absolute atomic E-state index is 12.2. The molecule has 8 heteroatoms. The van der Waals surface area contributed by atoms with Gasteiger partial charge in [-0.25, -0.2) is 14.5 Å². The molecule has 132 valence electrons. The molecule has 0 spiro atoms. The van der Waals surface area contributed by atoms with Crippen LogP contribution < -0.4 is 10.1 Å². The lowest BCUT2D eigenvalue weighted by molar-refractivity contribution is -0.126. The van der Waals surface area contributed by atoms with Crippen molar-refractivity contribution < 1.29 is 19.1 Å². The van der Waals surface area contributed by atoms with Crippen LogP contribution in [0.1, 0.15) is 22.6 Å². The number of carbonyl (C=O) groups excluding carboxylic acids is 2. The van der Waals surface area contributed by atoms with Gasteiger partial charge < -0.3 is 14.8 Å². The second-order valence-corrected chi connectivity index (χ2v) is 5.75. The van der Waals surface area contributed by atoms with Gasteiger partial charge >= 0.3 is 5.97 Å². The Bertz CT molecular complexity index is 759. The molecule has 1 atom stereocenters. The lowest BCUT2D eigenvalue weighted by atomic mass is 9.99. The number of aromatic nitrogens is 3. The van der Waals surface area contributed by atoms with E-state index in [9.17, 15) is 9.59 Å². The van der Waals surface area contributed by atoms with Gasteiger partial charge in [0.1, 0.15) is 24.5 Å². The number of methoxy groups -OCH3 is 1. The van der Waals surface area contributed by atoms with E-state index in [1.807, 2.05) is 0 Å². The molecule has 0 saturated heterocycles. The van der Waals surface area contributed by atoms with Gasteiger partial charge in [0.15, 0.2) is 0 Å². The number of esters is 1. The monoisotopic (exact) mass is 344 g/mol. The number of hydrogen-bond acceptors (Lipinski definition) is 6. The summed E-state index contributed by atoms with van der Waals surface area (Å²) in [5.74, 6) is 0.966. The predicted octanol–water partition coefficient (Wildman–Crippen LogP) is 0.822. The summed E-state index contributed by atoms with van der Waals surface area (Å²) < 4.78 is 12.0. The number of hydrogen-bond donors (Lipinski definition) is 1. The number of aryl methyl sites for hydroxylation is 1. The van der Waals surface area contributed by atoms with Crippen molar-refractivity contribution in [2.24, 2.45) is 5.92 Å². The summed E-state index contributed by atoms with van der Waals surface area (Å²) in [6.07, 6.45) is 3.05. The normalized spacial score (nSPS) is 16.0. The van der Waals surface area contributed by atoms with Crippen LogP contribution in [0.3, 0.4) is 0 Å². The molecule has 1 aliphatic rings. The Labute approximate surface area is 145 Å². The molecule has 0 aliphatic carbocycles. The molecule has 1 aromatic heterocycles. The average molecular weight is 344 g/mol. The molecule has 3 rings (SSSR count). The SMILES string of the molecule is COC(=O)c1cccc(OCCNC(=O)C2CCc3ncnn3C2)c1. The van der Waals surface area contributed by atoms with Gasteiger partial charge in [0.2, 0.25) is 5.91 Å². The Morgan fingerprint density at radius 3 is 3.12 bits per heavy atom. The van der Waals surface area contributed by atoms with Crippen LogP contribution in [0.25, 0.3) is 0 Å². The zero-order valence-corrected chi connectivity index (χ0v) is 14.0. The summed E-state index contributed by atoms with van der Waals surface area (Å²) >= 11 is 0. The molecule has 1 aliphatic heterocycles. The molecule has 0 saturated carbocycles. The highest BCUT2D eigenvalue weighted by atomic mass is 16.5. The summed E-state index contributed by atoms with van der Waals surface area (Å²) in [7, 11) is 1.33. The van der Waals surface area contributed by atoms with Crippen LogP contribution in [0, 0.1) is 5.92 Å². The number of amides is 1. The highest BCUT2D eigenvalue weighted by molar-refractivity contribution is 5.89. The number of ether oxygens (including phenoxy) is 2. The Morgan fingerprint density at radius 2 is 2.28 bits per heavy atom. The predicted molar refractivity (Wildman–Crippen MR) is 88.1 cm³/mol. The quantitative estimate of drug-likeness (QED) is 0.616. The zero-order chi connectivity index (χ0) is 17.6. The van der Waals surface area contributed by atoms with Gasteiger partial charge in [-0.05, 0) is 24.6 Å². The van der Waals surface area contributed by atoms with Gasteiger partial charge in [0.25, 0.3) is 0 Å². The lowest BCUT2D eigenvalue weighted by Gasteiger charge is -2.21. The summed E-state index contributed by atoms with van der Waals surface area (Å²) in [5, 5.41) is 7.00. The van der Waals surface area contributed by atoms with Crippen molar-refractivity contribution in [3.8, 4) is 5.75 Å². The fourth-order valence-corrected chi connectivity index (χ4v) is 2.77. The Kier molecular flexibility index (Phi) is 5.27. The van der Waals surface area contributed by atoms with Gasteiger partial charge in [0.05, 0.1) is 31.7 Å². The molecule has 1 N–H and O–H groups in total. The number of benzene rings is 1. The molecule has 1 aromatic carbocycles. The van der Waals surface area contributed by atoms with Crippen LogP contribution in [0.5, 0.6) is 5.75 Å². The van der Waals surface area contributed by atoms with E-state index < -0.39 is 5.97 Å². The molecule has 1 amide bonds. The fraction of sp³-hybridized carbons (Fsp3) is 0.412. The molecule has 2 aromatic rings. The Morgan fingerprint density at radius 1 is 1.40 bits per heavy atom. The molecule has 8 nitrogen and oxygen atoms in total. The lowest BCUT2D eigenvalue weighted by Crippen LogP contribution is -2.38. The van der Waals surface area contributed by atoms with E-state index in [0.717, 1.165) is 18.7 Å². The third-order valence-corrected chi connectivity index (χ3v) is 4.10. The van der Waals surface area contributed by atoms with E-state index in [-0.39, 0.29) is 11.8 Å². The van der Waals surface area contributed by atoms with E-state index in [0.29, 0.717) is 31.0 Å². The molecule has 1 unspecified atom stereocenters. The minimum absolute atomic E-state index is 0.00642. The van der Waals surface area contributed by atoms with E-state index >= 15 is 0 Å². The van der Waals surface area contributed by atoms with Crippen molar-refractivity contribution in [3.63, 3.8) is 0 Å². The highest BCUT2D eigenvalue weighted by Gasteiger charge is 2.25. The third-order valence-electron chi connectivity index (χ3n) is 4.10. The molecule has 25 heavy (non-hydrogen) atoms. The van der Waals surface area contributed by atoms with Crippen molar-refractivity contribution >= 4 is 11.9 Å². The Hall–Kier alpha value is -2.90. The third kappa shape index (κ3) is 4.14. The number of carbonyl (C=O) groups is 2. The van der Waals surface area contributed by atoms with Crippen LogP contribution in [0.4, 0.5) is 0 Å². The number of rotatable bonds is 6. The van der Waals surface area contributed by atoms with Crippen LogP contribution in [-0.4, -0.2) is 46.9 Å². The summed E-state index contributed by atoms with van der Waals surface area (Å²) in [6.45, 7) is 1.27. The van der Waals surface area contributed by atoms with Gasteiger partial charge in [-0.3, -0.25) is 4.79 Å². The first-order chi connectivity index (χ1) is 12.2. The fourth-order valence-electron chi connectivity index (χ4n) is 2.77. The van der Waals surface area contributed by atoms with Crippen LogP contribution >= 0.6 is 0 Å². The topological polar surface area (TPSA) is 95.3 Å². The smallest absolute Gasteiger partial charge is 0.337 e. The molecular formula is C17H20N4O4. The molecule has 0 fully saturated rings. The molecule has 2 heterocycles. The van der Waals surface area contributed by atoms with Crippen LogP contribution in [0.15, 0.2) is 30.6 Å². The summed E-state index contributed by atoms with van der Waals surface area (Å²) in [5.41, 5.74) is 0.426. The first-order valence-corrected chi connectivity index (χ1v) is 8.13. The zero-order valence-electron chi connectivity index (χ0n) is 14.0. The van der Waals surface area contributed by atoms with Crippen molar-refractivity contribution in [2.75, 3.05) is 20.3 Å². The van der Waals surface area contributed by atoms with E-state index in [1.54, 1.807) is 28.9 Å². The van der Waals surface area contributed by atoms with Crippen molar-refractivity contribution in [2.45, 2.75) is 19.4 Å². The first kappa shape index (κ1) is 16.9.